The largest absolute Gasteiger partial charge is 0.342 e. The molecule has 0 aromatic rings. The Kier molecular flexibility index (Phi) is 77.3. The van der Waals surface area contributed by atoms with Crippen LogP contribution in [0.15, 0.2) is 13.2 Å². The summed E-state index contributed by atoms with van der Waals surface area (Å²) in [4.78, 5) is 69.7. The van der Waals surface area contributed by atoms with Gasteiger partial charge in [-0.2, -0.15) is 5.01 Å². The first-order chi connectivity index (χ1) is 21.4. The second kappa shape index (κ2) is 49.9. The van der Waals surface area contributed by atoms with E-state index in [0.717, 1.165) is 5.01 Å². The molecule has 25 heteroatoms. The number of hydrogen-bond donors (Lipinski definition) is 1. The molecule has 4 saturated heterocycles. The van der Waals surface area contributed by atoms with Crippen molar-refractivity contribution in [3.8, 4) is 0 Å². The molecule has 1 spiro atoms. The summed E-state index contributed by atoms with van der Waals surface area (Å²) in [6, 6.07) is 0. The van der Waals surface area contributed by atoms with E-state index < -0.39 is 4.59 Å². The molecular weight excluding hydrogens is 1630 g/mol. The number of likely N-dealkylation sites (tertiary alicyclic amines) is 1. The number of halogens is 8. The molecule has 4 aliphatic rings. The molecule has 0 aromatic carbocycles. The van der Waals surface area contributed by atoms with Crippen LogP contribution in [0.3, 0.4) is 0 Å². The molecule has 2 N–H and O–H groups in total. The Labute approximate surface area is 417 Å². The molecule has 52 heavy (non-hydrogen) atoms. The molecule has 4 aliphatic heterocycles. The first-order valence-corrected chi connectivity index (χ1v) is 45.3. The summed E-state index contributed by atoms with van der Waals surface area (Å²) >= 11 is 16.1. The quantitative estimate of drug-likeness (QED) is 0.0756. The fourth-order valence-electron chi connectivity index (χ4n) is 3.70. The first-order valence-electron chi connectivity index (χ1n) is 12.5. The van der Waals surface area contributed by atoms with Crippen molar-refractivity contribution in [3.63, 3.8) is 0 Å². The van der Waals surface area contributed by atoms with Crippen LogP contribution < -0.4 is 19.0 Å². The molecular formula is C27H59B3I8N5O6P3. The second-order valence-corrected chi connectivity index (χ2v) is 41.4. The van der Waals surface area contributed by atoms with E-state index in [1.807, 2.05) is 20.0 Å². The average Bonchev–Trinajstić information content (AvgIpc) is 3.57. The number of carbonyl (C=O) groups is 6. The van der Waals surface area contributed by atoms with Gasteiger partial charge in [-0.15, -0.1) is 13.2 Å². The summed E-state index contributed by atoms with van der Waals surface area (Å²) in [5, 5.41) is 2.32. The molecule has 3 unspecified atom stereocenters. The van der Waals surface area contributed by atoms with E-state index in [1.165, 1.54) is 10.0 Å². The number of hydrogen-bond acceptors (Lipinski definition) is 8. The minimum Gasteiger partial charge on any atom is -0.329 e. The number of hydrazine groups is 1. The van der Waals surface area contributed by atoms with Gasteiger partial charge in [0.1, 0.15) is 35.8 Å². The van der Waals surface area contributed by atoms with Gasteiger partial charge in [0.2, 0.25) is 23.6 Å². The summed E-state index contributed by atoms with van der Waals surface area (Å²) in [6.07, 6.45) is 1.45. The Morgan fingerprint density at radius 1 is 0.673 bits per heavy atom. The molecule has 11 nitrogen and oxygen atoms in total. The van der Waals surface area contributed by atoms with Gasteiger partial charge in [0.05, 0.1) is 12.8 Å². The summed E-state index contributed by atoms with van der Waals surface area (Å²) in [6.45, 7) is 13.5. The van der Waals surface area contributed by atoms with Crippen molar-refractivity contribution < 1.29 is 46.6 Å². The van der Waals surface area contributed by atoms with Crippen LogP contribution in [-0.2, 0) is 28.8 Å². The molecule has 4 rings (SSSR count). The number of nitrogens with zero attached hydrogens (tertiary/aromatic N) is 4. The fourth-order valence-corrected chi connectivity index (χ4v) is 3.70. The van der Waals surface area contributed by atoms with Crippen molar-refractivity contribution in [2.75, 3.05) is 46.2 Å². The van der Waals surface area contributed by atoms with Crippen molar-refractivity contribution >= 4 is 215 Å². The molecule has 4 fully saturated rings. The van der Waals surface area contributed by atoms with Crippen LogP contribution in [0.5, 0.6) is 0 Å². The zero-order chi connectivity index (χ0) is 37.2. The van der Waals surface area contributed by atoms with Gasteiger partial charge in [-0.05, 0) is 25.1 Å². The van der Waals surface area contributed by atoms with Crippen LogP contribution in [-0.4, -0.2) is 124 Å². The van der Waals surface area contributed by atoms with E-state index in [0.29, 0.717) is 52.3 Å². The van der Waals surface area contributed by atoms with Gasteiger partial charge in [-0.1, -0.05) is 132 Å². The Hall–Kier alpha value is 4.56. The Morgan fingerprint density at radius 2 is 0.923 bits per heavy atom. The van der Waals surface area contributed by atoms with Gasteiger partial charge >= 0.3 is 62.3 Å². The molecule has 4 heterocycles. The Balaban J connectivity index is -0.0000000551. The van der Waals surface area contributed by atoms with Crippen LogP contribution in [0.25, 0.3) is 0 Å². The molecule has 0 saturated carbocycles. The SMILES string of the molecule is C.C.C.C.C.C.C=C.II.I[I-]I.NCCN1C(=O)CCC1=O.O=C1CCC(=O)N1N1CC[N+]12C(=O)CCC2=O.[B]P(C)I.[B]P(C)I.[B]P(C)I. The van der Waals surface area contributed by atoms with Gasteiger partial charge in [0.15, 0.2) is 0 Å². The van der Waals surface area contributed by atoms with Gasteiger partial charge < -0.3 is 5.73 Å². The van der Waals surface area contributed by atoms with Crippen molar-refractivity contribution in [2.24, 2.45) is 5.73 Å². The van der Waals surface area contributed by atoms with Gasteiger partial charge in [-0.3, -0.25) is 24.1 Å². The molecule has 308 valence electrons. The number of quaternary nitrogens is 1. The van der Waals surface area contributed by atoms with Gasteiger partial charge in [0.25, 0.3) is 0 Å². The third kappa shape index (κ3) is 35.3. The fraction of sp³-hybridized carbons (Fsp3) is 0.704. The number of rotatable bonds is 3. The van der Waals surface area contributed by atoms with Crippen LogP contribution in [0.2, 0.25) is 0 Å². The molecule has 0 bridgehead atoms. The van der Waals surface area contributed by atoms with E-state index in [9.17, 15) is 28.8 Å². The third-order valence-electron chi connectivity index (χ3n) is 5.16. The summed E-state index contributed by atoms with van der Waals surface area (Å²) in [5.41, 5.74) is 4.74. The maximum Gasteiger partial charge on any atom is 0.342 e. The van der Waals surface area contributed by atoms with Crippen LogP contribution in [0.4, 0.5) is 0 Å². The zero-order valence-electron chi connectivity index (χ0n) is 25.4. The average molecular weight is 1690 g/mol. The molecule has 0 aliphatic carbocycles. The maximum atomic E-state index is 11.8. The summed E-state index contributed by atoms with van der Waals surface area (Å²) in [5.74, 6) is -1.24. The van der Waals surface area contributed by atoms with E-state index in [1.54, 1.807) is 0 Å². The van der Waals surface area contributed by atoms with Crippen molar-refractivity contribution in [2.45, 2.75) is 83.1 Å². The normalized spacial score (nSPS) is 17.1. The standard InChI is InChI=1S/C10H12N3O4.C6H10N2O2.C2H4.3CH3BIP.6CH4.I3.I2/c14-7-1-2-8(15)12(7)11-5-6-13(11)9(16)3-4-10(13)17;7-3-4-8-5(9)1-2-6(8)10;1-2;3*1-4(2)3;;;;;;;1-3-2;1-2/h1-6H2;1-4,7H2;1-2H2;3*1H3;6*1H4;;/q+1;;;;;;;;;;;;-1;. The van der Waals surface area contributed by atoms with E-state index in [4.69, 9.17) is 28.4 Å². The zero-order valence-corrected chi connectivity index (χ0v) is 45.3. The van der Waals surface area contributed by atoms with Crippen LogP contribution >= 0.6 is 157 Å². The molecule has 6 radical (unpaired) electrons. The molecule has 0 aromatic heterocycles. The van der Waals surface area contributed by atoms with E-state index in [2.05, 4.69) is 154 Å². The van der Waals surface area contributed by atoms with Crippen LogP contribution in [0, 0.1) is 0 Å². The second-order valence-electron chi connectivity index (χ2n) is 8.33. The van der Waals surface area contributed by atoms with E-state index >= 15 is 0 Å². The first kappa shape index (κ1) is 80.5. The minimum atomic E-state index is -0.447. The van der Waals surface area contributed by atoms with Crippen molar-refractivity contribution in [1.29, 1.82) is 0 Å². The maximum absolute atomic E-state index is 11.8. The predicted octanol–water partition coefficient (Wildman–Crippen LogP) is 7.80. The molecule has 6 amide bonds. The van der Waals surface area contributed by atoms with Gasteiger partial charge in [-0.25, -0.2) is 9.59 Å². The monoisotopic (exact) mass is 1690 g/mol. The number of nitrogens with two attached hydrogens (primary N) is 1. The number of carbonyl (C=O) groups excluding carboxylic acids is 6. The predicted molar refractivity (Wildman–Crippen MR) is 293 cm³/mol. The topological polar surface area (TPSA) is 138 Å². The van der Waals surface area contributed by atoms with Crippen molar-refractivity contribution in [3.05, 3.63) is 13.2 Å². The third-order valence-corrected chi connectivity index (χ3v) is 5.16. The Bertz CT molecular complexity index is 893. The number of amides is 6. The smallest absolute Gasteiger partial charge is 0.329 e. The van der Waals surface area contributed by atoms with Crippen LogP contribution in [0.1, 0.15) is 83.1 Å². The minimum absolute atomic E-state index is 0. The van der Waals surface area contributed by atoms with Gasteiger partial charge in [0, 0.05) is 76.0 Å². The summed E-state index contributed by atoms with van der Waals surface area (Å²) < 4.78 is -0.447. The number of imide groups is 3. The Morgan fingerprint density at radius 3 is 1.13 bits per heavy atom. The van der Waals surface area contributed by atoms with E-state index in [-0.39, 0.29) is 122 Å². The summed E-state index contributed by atoms with van der Waals surface area (Å²) in [7, 11) is 15.5. The van der Waals surface area contributed by atoms with Crippen molar-refractivity contribution in [1.82, 2.24) is 15.0 Å². The molecule has 3 atom stereocenters.